The second kappa shape index (κ2) is 7.81. The lowest BCUT2D eigenvalue weighted by atomic mass is 10.1. The molecule has 0 unspecified atom stereocenters. The van der Waals surface area contributed by atoms with E-state index < -0.39 is 5.97 Å². The van der Waals surface area contributed by atoms with Crippen LogP contribution >= 0.6 is 11.8 Å². The minimum absolute atomic E-state index is 0.0765. The molecule has 4 rings (SSSR count). The Balaban J connectivity index is 1.52. The number of thioether (sulfide) groups is 1. The number of carbonyl (C=O) groups is 3. The molecule has 144 valence electrons. The highest BCUT2D eigenvalue weighted by Gasteiger charge is 2.35. The van der Waals surface area contributed by atoms with E-state index in [-0.39, 0.29) is 23.3 Å². The summed E-state index contributed by atoms with van der Waals surface area (Å²) in [6.07, 6.45) is 1.54. The zero-order chi connectivity index (χ0) is 20.4. The number of carbonyl (C=O) groups excluding carboxylic acids is 3. The van der Waals surface area contributed by atoms with Crippen LogP contribution in [-0.4, -0.2) is 22.0 Å². The van der Waals surface area contributed by atoms with Gasteiger partial charge in [-0.2, -0.15) is 0 Å². The van der Waals surface area contributed by atoms with Crippen LogP contribution < -0.4 is 5.11 Å². The monoisotopic (exact) mass is 404 g/mol. The number of carboxylic acids is 1. The summed E-state index contributed by atoms with van der Waals surface area (Å²) >= 11 is 0.872. The molecule has 7 heteroatoms. The van der Waals surface area contributed by atoms with E-state index in [1.807, 2.05) is 30.3 Å². The van der Waals surface area contributed by atoms with E-state index in [9.17, 15) is 19.5 Å². The third-order valence-corrected chi connectivity index (χ3v) is 5.27. The number of benzene rings is 2. The normalized spacial score (nSPS) is 15.3. The van der Waals surface area contributed by atoms with Gasteiger partial charge in [0.15, 0.2) is 0 Å². The number of nitrogens with zero attached hydrogens (tertiary/aromatic N) is 1. The van der Waals surface area contributed by atoms with Gasteiger partial charge >= 0.3 is 0 Å². The lowest BCUT2D eigenvalue weighted by Crippen LogP contribution is -2.27. The van der Waals surface area contributed by atoms with Crippen LogP contribution in [0.4, 0.5) is 4.79 Å². The first-order valence-electron chi connectivity index (χ1n) is 8.72. The summed E-state index contributed by atoms with van der Waals surface area (Å²) in [4.78, 5) is 37.2. The third-order valence-electron chi connectivity index (χ3n) is 4.36. The summed E-state index contributed by atoms with van der Waals surface area (Å²) in [7, 11) is 0. The highest BCUT2D eigenvalue weighted by atomic mass is 32.2. The Kier molecular flexibility index (Phi) is 5.05. The van der Waals surface area contributed by atoms with Crippen LogP contribution in [0.2, 0.25) is 0 Å². The van der Waals surface area contributed by atoms with Crippen molar-refractivity contribution in [1.29, 1.82) is 0 Å². The molecule has 2 amide bonds. The lowest BCUT2D eigenvalue weighted by molar-refractivity contribution is -0.255. The van der Waals surface area contributed by atoms with Crippen molar-refractivity contribution in [2.45, 2.75) is 6.54 Å². The standard InChI is InChI=1S/C22H15NO5S/c24-20-19(29-22(27)23(20)13-14-4-2-1-3-5-14)12-17-10-11-18(28-17)15-6-8-16(9-7-15)21(25)26/h1-12H,13H2,(H,25,26)/p-1/b19-12-. The van der Waals surface area contributed by atoms with Gasteiger partial charge in [0.2, 0.25) is 0 Å². The Labute approximate surface area is 170 Å². The molecule has 1 aromatic heterocycles. The quantitative estimate of drug-likeness (QED) is 0.604. The smallest absolute Gasteiger partial charge is 0.293 e. The maximum Gasteiger partial charge on any atom is 0.293 e. The summed E-state index contributed by atoms with van der Waals surface area (Å²) in [6, 6.07) is 18.8. The number of aromatic carboxylic acids is 1. The van der Waals surface area contributed by atoms with E-state index in [4.69, 9.17) is 4.42 Å². The van der Waals surface area contributed by atoms with Gasteiger partial charge in [-0.3, -0.25) is 14.5 Å². The topological polar surface area (TPSA) is 90.6 Å². The first-order valence-corrected chi connectivity index (χ1v) is 9.54. The zero-order valence-electron chi connectivity index (χ0n) is 15.0. The molecular formula is C22H14NO5S-. The minimum atomic E-state index is -1.25. The highest BCUT2D eigenvalue weighted by Crippen LogP contribution is 2.34. The molecule has 0 saturated carbocycles. The van der Waals surface area contributed by atoms with Crippen molar-refractivity contribution in [2.24, 2.45) is 0 Å². The van der Waals surface area contributed by atoms with Crippen molar-refractivity contribution in [1.82, 2.24) is 4.90 Å². The summed E-state index contributed by atoms with van der Waals surface area (Å²) in [5.41, 5.74) is 1.63. The van der Waals surface area contributed by atoms with Crippen molar-refractivity contribution in [2.75, 3.05) is 0 Å². The molecule has 1 aliphatic rings. The number of imide groups is 1. The van der Waals surface area contributed by atoms with Gasteiger partial charge in [0.1, 0.15) is 11.5 Å². The Morgan fingerprint density at radius 3 is 2.41 bits per heavy atom. The Bertz CT molecular complexity index is 1120. The van der Waals surface area contributed by atoms with E-state index in [1.54, 1.807) is 24.3 Å². The van der Waals surface area contributed by atoms with Crippen molar-refractivity contribution in [3.05, 3.63) is 88.5 Å². The van der Waals surface area contributed by atoms with Crippen LogP contribution in [0.3, 0.4) is 0 Å². The van der Waals surface area contributed by atoms with Gasteiger partial charge in [-0.1, -0.05) is 54.6 Å². The van der Waals surface area contributed by atoms with Gasteiger partial charge in [0.05, 0.1) is 17.4 Å². The third kappa shape index (κ3) is 4.00. The van der Waals surface area contributed by atoms with Crippen molar-refractivity contribution in [3.8, 4) is 11.3 Å². The van der Waals surface area contributed by atoms with Crippen LogP contribution in [-0.2, 0) is 11.3 Å². The first kappa shape index (κ1) is 18.8. The lowest BCUT2D eigenvalue weighted by Gasteiger charge is -2.11. The van der Waals surface area contributed by atoms with Gasteiger partial charge in [-0.05, 0) is 35.0 Å². The van der Waals surface area contributed by atoms with Crippen LogP contribution in [0.15, 0.2) is 76.1 Å². The van der Waals surface area contributed by atoms with Gasteiger partial charge in [-0.15, -0.1) is 0 Å². The number of furan rings is 1. The molecule has 0 radical (unpaired) electrons. The summed E-state index contributed by atoms with van der Waals surface area (Å²) in [5.74, 6) is -0.665. The first-order chi connectivity index (χ1) is 14.0. The van der Waals surface area contributed by atoms with E-state index in [0.717, 1.165) is 17.3 Å². The molecule has 2 heterocycles. The highest BCUT2D eigenvalue weighted by molar-refractivity contribution is 8.18. The number of amides is 2. The van der Waals surface area contributed by atoms with Crippen LogP contribution in [0, 0.1) is 0 Å². The predicted molar refractivity (Wildman–Crippen MR) is 106 cm³/mol. The summed E-state index contributed by atoms with van der Waals surface area (Å²) in [5, 5.41) is 10.5. The molecule has 0 aliphatic carbocycles. The van der Waals surface area contributed by atoms with E-state index in [2.05, 4.69) is 0 Å². The van der Waals surface area contributed by atoms with E-state index >= 15 is 0 Å². The molecule has 3 aromatic rings. The number of rotatable bonds is 5. The molecular weight excluding hydrogens is 390 g/mol. The second-order valence-electron chi connectivity index (χ2n) is 6.32. The van der Waals surface area contributed by atoms with Gasteiger partial charge < -0.3 is 14.3 Å². The molecule has 0 atom stereocenters. The Morgan fingerprint density at radius 2 is 1.72 bits per heavy atom. The van der Waals surface area contributed by atoms with Crippen LogP contribution in [0.25, 0.3) is 17.4 Å². The van der Waals surface area contributed by atoms with Crippen molar-refractivity contribution in [3.63, 3.8) is 0 Å². The molecule has 0 bridgehead atoms. The Hall–Kier alpha value is -3.58. The SMILES string of the molecule is O=C([O-])c1ccc(-c2ccc(/C=C3\SC(=O)N(Cc4ccccc4)C3=O)o2)cc1. The number of carboxylic acid groups (broad SMARTS) is 1. The van der Waals surface area contributed by atoms with E-state index in [0.29, 0.717) is 22.0 Å². The molecule has 29 heavy (non-hydrogen) atoms. The van der Waals surface area contributed by atoms with Crippen LogP contribution in [0.1, 0.15) is 21.7 Å². The maximum atomic E-state index is 12.6. The fraction of sp³-hybridized carbons (Fsp3) is 0.0455. The average molecular weight is 404 g/mol. The summed E-state index contributed by atoms with van der Waals surface area (Å²) in [6.45, 7) is 0.219. The van der Waals surface area contributed by atoms with Gasteiger partial charge in [-0.25, -0.2) is 0 Å². The molecule has 0 N–H and O–H groups in total. The molecule has 2 aromatic carbocycles. The van der Waals surface area contributed by atoms with E-state index in [1.165, 1.54) is 23.1 Å². The Morgan fingerprint density at radius 1 is 1.00 bits per heavy atom. The summed E-state index contributed by atoms with van der Waals surface area (Å²) < 4.78 is 5.73. The fourth-order valence-electron chi connectivity index (χ4n) is 2.89. The van der Waals surface area contributed by atoms with Crippen molar-refractivity contribution < 1.29 is 23.9 Å². The predicted octanol–water partition coefficient (Wildman–Crippen LogP) is 3.55. The van der Waals surface area contributed by atoms with Crippen LogP contribution in [0.5, 0.6) is 0 Å². The maximum absolute atomic E-state index is 12.6. The van der Waals surface area contributed by atoms with Crippen molar-refractivity contribution >= 4 is 35.0 Å². The minimum Gasteiger partial charge on any atom is -0.545 e. The second-order valence-corrected chi connectivity index (χ2v) is 7.31. The molecule has 0 spiro atoms. The molecule has 1 saturated heterocycles. The number of hydrogen-bond acceptors (Lipinski definition) is 6. The zero-order valence-corrected chi connectivity index (χ0v) is 15.8. The average Bonchev–Trinajstić information content (AvgIpc) is 3.29. The van der Waals surface area contributed by atoms with Gasteiger partial charge in [0, 0.05) is 11.6 Å². The largest absolute Gasteiger partial charge is 0.545 e. The van der Waals surface area contributed by atoms with Gasteiger partial charge in [0.25, 0.3) is 11.1 Å². The molecule has 6 nitrogen and oxygen atoms in total. The molecule has 1 fully saturated rings. The number of hydrogen-bond donors (Lipinski definition) is 0. The fourth-order valence-corrected chi connectivity index (χ4v) is 3.71. The molecule has 1 aliphatic heterocycles.